The van der Waals surface area contributed by atoms with Gasteiger partial charge < -0.3 is 9.47 Å². The van der Waals surface area contributed by atoms with Crippen LogP contribution < -0.4 is 9.64 Å². The lowest BCUT2D eigenvalue weighted by atomic mass is 9.97. The SMILES string of the molecule is CCOC(=O)c1ccc(N2C(=O)c3n[nH]c(-c4cccs4)c3[C@H]2c2cccc(OC)c2)cc1. The van der Waals surface area contributed by atoms with Crippen molar-refractivity contribution in [1.29, 1.82) is 0 Å². The summed E-state index contributed by atoms with van der Waals surface area (Å²) in [5.41, 5.74) is 4.03. The molecule has 5 rings (SSSR count). The van der Waals surface area contributed by atoms with Gasteiger partial charge in [0.1, 0.15) is 5.75 Å². The minimum atomic E-state index is -0.410. The predicted octanol–water partition coefficient (Wildman–Crippen LogP) is 5.07. The van der Waals surface area contributed by atoms with Crippen molar-refractivity contribution in [3.8, 4) is 16.3 Å². The van der Waals surface area contributed by atoms with E-state index in [1.807, 2.05) is 41.8 Å². The topological polar surface area (TPSA) is 84.5 Å². The Labute approximate surface area is 194 Å². The largest absolute Gasteiger partial charge is 0.497 e. The Morgan fingerprint density at radius 3 is 2.67 bits per heavy atom. The summed E-state index contributed by atoms with van der Waals surface area (Å²) in [5.74, 6) is 0.0993. The van der Waals surface area contributed by atoms with E-state index in [9.17, 15) is 9.59 Å². The molecule has 8 heteroatoms. The standard InChI is InChI=1S/C25H21N3O4S/c1-3-32-25(30)15-9-11-17(12-10-15)28-23(16-6-4-7-18(14-16)31-2)20-21(19-8-5-13-33-19)26-27-22(20)24(28)29/h4-14,23H,3H2,1-2H3,(H,26,27)/t23-/m1/s1. The van der Waals surface area contributed by atoms with E-state index in [0.29, 0.717) is 29.3 Å². The van der Waals surface area contributed by atoms with Gasteiger partial charge in [0.15, 0.2) is 5.69 Å². The van der Waals surface area contributed by atoms with Crippen LogP contribution in [0.5, 0.6) is 5.75 Å². The van der Waals surface area contributed by atoms with Crippen molar-refractivity contribution in [2.45, 2.75) is 13.0 Å². The van der Waals surface area contributed by atoms with E-state index in [-0.39, 0.29) is 5.91 Å². The average Bonchev–Trinajstić information content (AvgIpc) is 3.57. The summed E-state index contributed by atoms with van der Waals surface area (Å²) in [6, 6.07) is 18.1. The van der Waals surface area contributed by atoms with Crippen molar-refractivity contribution in [2.24, 2.45) is 0 Å². The van der Waals surface area contributed by atoms with Crippen molar-refractivity contribution in [3.63, 3.8) is 0 Å². The minimum Gasteiger partial charge on any atom is -0.497 e. The molecule has 0 fully saturated rings. The summed E-state index contributed by atoms with van der Waals surface area (Å²) in [4.78, 5) is 28.4. The Morgan fingerprint density at radius 2 is 1.97 bits per heavy atom. The van der Waals surface area contributed by atoms with Gasteiger partial charge in [0, 0.05) is 11.3 Å². The van der Waals surface area contributed by atoms with Gasteiger partial charge in [-0.3, -0.25) is 14.8 Å². The second-order valence-electron chi connectivity index (χ2n) is 7.46. The highest BCUT2D eigenvalue weighted by atomic mass is 32.1. The maximum absolute atomic E-state index is 13.6. The summed E-state index contributed by atoms with van der Waals surface area (Å²) >= 11 is 1.58. The van der Waals surface area contributed by atoms with E-state index in [1.165, 1.54) is 0 Å². The van der Waals surface area contributed by atoms with E-state index < -0.39 is 12.0 Å². The molecule has 0 bridgehead atoms. The maximum atomic E-state index is 13.6. The molecular weight excluding hydrogens is 438 g/mol. The highest BCUT2D eigenvalue weighted by Gasteiger charge is 2.43. The summed E-state index contributed by atoms with van der Waals surface area (Å²) in [7, 11) is 1.62. The number of anilines is 1. The van der Waals surface area contributed by atoms with E-state index in [2.05, 4.69) is 10.2 Å². The number of nitrogens with one attached hydrogen (secondary N) is 1. The number of benzene rings is 2. The van der Waals surface area contributed by atoms with Gasteiger partial charge in [0.2, 0.25) is 0 Å². The minimum absolute atomic E-state index is 0.208. The molecule has 0 unspecified atom stereocenters. The molecule has 7 nitrogen and oxygen atoms in total. The normalized spacial score (nSPS) is 14.9. The third-order valence-corrected chi connectivity index (χ3v) is 6.48. The third-order valence-electron chi connectivity index (χ3n) is 5.59. The Kier molecular flexibility index (Phi) is 5.43. The van der Waals surface area contributed by atoms with E-state index in [4.69, 9.17) is 9.47 Å². The molecule has 1 N–H and O–H groups in total. The van der Waals surface area contributed by atoms with Crippen LogP contribution in [0.3, 0.4) is 0 Å². The van der Waals surface area contributed by atoms with Crippen molar-refractivity contribution < 1.29 is 19.1 Å². The number of aromatic amines is 1. The van der Waals surface area contributed by atoms with Crippen LogP contribution in [0.4, 0.5) is 5.69 Å². The van der Waals surface area contributed by atoms with Gasteiger partial charge in [-0.2, -0.15) is 5.10 Å². The molecule has 1 aliphatic rings. The first-order valence-electron chi connectivity index (χ1n) is 10.5. The van der Waals surface area contributed by atoms with Crippen molar-refractivity contribution >= 4 is 28.9 Å². The lowest BCUT2D eigenvalue weighted by Gasteiger charge is -2.27. The van der Waals surface area contributed by atoms with Crippen LogP contribution in [0.25, 0.3) is 10.6 Å². The van der Waals surface area contributed by atoms with E-state index >= 15 is 0 Å². The number of amides is 1. The number of hydrogen-bond acceptors (Lipinski definition) is 6. The van der Waals surface area contributed by atoms with Crippen LogP contribution in [0.2, 0.25) is 0 Å². The number of ether oxygens (including phenoxy) is 2. The number of nitrogens with zero attached hydrogens (tertiary/aromatic N) is 2. The predicted molar refractivity (Wildman–Crippen MR) is 126 cm³/mol. The molecule has 1 amide bonds. The van der Waals surface area contributed by atoms with Crippen molar-refractivity contribution in [1.82, 2.24) is 10.2 Å². The molecular formula is C25H21N3O4S. The number of hydrogen-bond donors (Lipinski definition) is 1. The van der Waals surface area contributed by atoms with Gasteiger partial charge in [-0.1, -0.05) is 18.2 Å². The highest BCUT2D eigenvalue weighted by Crippen LogP contribution is 2.46. The smallest absolute Gasteiger partial charge is 0.338 e. The van der Waals surface area contributed by atoms with Crippen molar-refractivity contribution in [2.75, 3.05) is 18.6 Å². The van der Waals surface area contributed by atoms with Gasteiger partial charge in [-0.15, -0.1) is 11.3 Å². The zero-order valence-electron chi connectivity index (χ0n) is 18.1. The molecule has 0 radical (unpaired) electrons. The zero-order chi connectivity index (χ0) is 22.9. The number of thiophene rings is 1. The van der Waals surface area contributed by atoms with Crippen LogP contribution in [0.15, 0.2) is 66.0 Å². The number of fused-ring (bicyclic) bond motifs is 1. The molecule has 2 aromatic heterocycles. The lowest BCUT2D eigenvalue weighted by molar-refractivity contribution is 0.0526. The van der Waals surface area contributed by atoms with Crippen LogP contribution in [0.1, 0.15) is 44.9 Å². The number of carbonyl (C=O) groups excluding carboxylic acids is 2. The fraction of sp³-hybridized carbons (Fsp3) is 0.160. The number of carbonyl (C=O) groups is 2. The van der Waals surface area contributed by atoms with E-state index in [1.54, 1.807) is 54.5 Å². The van der Waals surface area contributed by atoms with Gasteiger partial charge in [-0.25, -0.2) is 4.79 Å². The first-order chi connectivity index (χ1) is 16.1. The molecule has 1 atom stereocenters. The molecule has 3 heterocycles. The van der Waals surface area contributed by atoms with Crippen LogP contribution in [-0.4, -0.2) is 35.8 Å². The Bertz CT molecular complexity index is 1310. The molecule has 0 aliphatic carbocycles. The molecule has 0 saturated carbocycles. The second kappa shape index (κ2) is 8.55. The van der Waals surface area contributed by atoms with Crippen molar-refractivity contribution in [3.05, 3.63) is 88.4 Å². The summed E-state index contributed by atoms with van der Waals surface area (Å²) in [6.45, 7) is 2.07. The summed E-state index contributed by atoms with van der Waals surface area (Å²) < 4.78 is 10.5. The van der Waals surface area contributed by atoms with Crippen LogP contribution in [-0.2, 0) is 4.74 Å². The number of rotatable bonds is 6. The van der Waals surface area contributed by atoms with Crippen LogP contribution in [0, 0.1) is 0 Å². The molecule has 4 aromatic rings. The zero-order valence-corrected chi connectivity index (χ0v) is 18.9. The molecule has 0 saturated heterocycles. The van der Waals surface area contributed by atoms with Gasteiger partial charge >= 0.3 is 5.97 Å². The number of esters is 1. The molecule has 1 aliphatic heterocycles. The maximum Gasteiger partial charge on any atom is 0.338 e. The molecule has 2 aromatic carbocycles. The molecule has 166 valence electrons. The number of H-pyrrole nitrogens is 1. The molecule has 0 spiro atoms. The highest BCUT2D eigenvalue weighted by molar-refractivity contribution is 7.13. The first kappa shape index (κ1) is 21.0. The monoisotopic (exact) mass is 459 g/mol. The first-order valence-corrected chi connectivity index (χ1v) is 11.4. The fourth-order valence-corrected chi connectivity index (χ4v) is 4.85. The fourth-order valence-electron chi connectivity index (χ4n) is 4.12. The van der Waals surface area contributed by atoms with Gasteiger partial charge in [-0.05, 0) is 60.3 Å². The van der Waals surface area contributed by atoms with Gasteiger partial charge in [0.25, 0.3) is 5.91 Å². The second-order valence-corrected chi connectivity index (χ2v) is 8.41. The summed E-state index contributed by atoms with van der Waals surface area (Å²) in [6.07, 6.45) is 0. The molecule has 33 heavy (non-hydrogen) atoms. The van der Waals surface area contributed by atoms with Gasteiger partial charge in [0.05, 0.1) is 35.9 Å². The Hall–Kier alpha value is -3.91. The number of aromatic nitrogens is 2. The third kappa shape index (κ3) is 3.58. The van der Waals surface area contributed by atoms with Crippen LogP contribution >= 0.6 is 11.3 Å². The average molecular weight is 460 g/mol. The Balaban J connectivity index is 1.64. The van der Waals surface area contributed by atoms with E-state index in [0.717, 1.165) is 21.7 Å². The number of methoxy groups -OCH3 is 1. The lowest BCUT2D eigenvalue weighted by Crippen LogP contribution is -2.29. The Morgan fingerprint density at radius 1 is 1.15 bits per heavy atom. The summed E-state index contributed by atoms with van der Waals surface area (Å²) in [5, 5.41) is 9.44. The quantitative estimate of drug-likeness (QED) is 0.407.